The van der Waals surface area contributed by atoms with Crippen molar-refractivity contribution >= 4 is 15.6 Å². The van der Waals surface area contributed by atoms with Crippen LogP contribution in [0.1, 0.15) is 46.5 Å². The van der Waals surface area contributed by atoms with Gasteiger partial charge in [0.15, 0.2) is 9.84 Å². The van der Waals surface area contributed by atoms with E-state index in [1.807, 2.05) is 20.8 Å². The lowest BCUT2D eigenvalue weighted by Gasteiger charge is -2.28. The van der Waals surface area contributed by atoms with E-state index in [4.69, 9.17) is 5.73 Å². The fraction of sp³-hybridized carbons (Fsp3) is 0.917. The van der Waals surface area contributed by atoms with Gasteiger partial charge in [-0.05, 0) is 19.3 Å². The first kappa shape index (κ1) is 16.6. The molecule has 0 saturated carbocycles. The molecule has 0 aromatic rings. The molecule has 0 aliphatic carbocycles. The topological polar surface area (TPSA) is 77.2 Å². The number of hydrogen-bond donors (Lipinski definition) is 1. The highest BCUT2D eigenvalue weighted by atomic mass is 32.2. The van der Waals surface area contributed by atoms with E-state index in [2.05, 4.69) is 0 Å². The summed E-state index contributed by atoms with van der Waals surface area (Å²) in [6.45, 7) is 5.97. The summed E-state index contributed by atoms with van der Waals surface area (Å²) in [4.78, 5) is 12.1. The summed E-state index contributed by atoms with van der Waals surface area (Å²) in [6, 6.07) is 0. The zero-order valence-corrected chi connectivity index (χ0v) is 12.0. The minimum absolute atomic E-state index is 0.00956. The molecule has 102 valence electrons. The molecule has 0 saturated heterocycles. The van der Waals surface area contributed by atoms with Gasteiger partial charge in [-0.1, -0.05) is 20.8 Å². The molecule has 0 aromatic heterocycles. The van der Waals surface area contributed by atoms with E-state index in [1.165, 1.54) is 0 Å². The summed E-state index contributed by atoms with van der Waals surface area (Å²) in [7, 11) is -3.07. The molecular weight excluding hydrogens is 238 g/mol. The summed E-state index contributed by atoms with van der Waals surface area (Å²) < 4.78 is 23.1. The Morgan fingerprint density at radius 2 is 1.65 bits per heavy atom. The highest BCUT2D eigenvalue weighted by molar-refractivity contribution is 7.91. The van der Waals surface area contributed by atoms with Crippen LogP contribution in [0.25, 0.3) is 0 Å². The fourth-order valence-electron chi connectivity index (χ4n) is 1.97. The van der Waals surface area contributed by atoms with Crippen LogP contribution in [-0.2, 0) is 14.6 Å². The van der Waals surface area contributed by atoms with E-state index < -0.39 is 15.3 Å². The van der Waals surface area contributed by atoms with Gasteiger partial charge in [-0.15, -0.1) is 0 Å². The van der Waals surface area contributed by atoms with Crippen molar-refractivity contribution in [2.45, 2.75) is 46.5 Å². The maximum absolute atomic E-state index is 12.1. The highest BCUT2D eigenvalue weighted by Crippen LogP contribution is 2.27. The smallest absolute Gasteiger partial charge is 0.150 e. The van der Waals surface area contributed by atoms with Crippen LogP contribution in [0.4, 0.5) is 0 Å². The van der Waals surface area contributed by atoms with Gasteiger partial charge in [0.2, 0.25) is 0 Å². The first-order valence-corrected chi connectivity index (χ1v) is 8.13. The van der Waals surface area contributed by atoms with Gasteiger partial charge >= 0.3 is 0 Å². The predicted octanol–water partition coefficient (Wildman–Crippen LogP) is 1.54. The van der Waals surface area contributed by atoms with Crippen LogP contribution in [0, 0.1) is 5.41 Å². The van der Waals surface area contributed by atoms with Crippen LogP contribution in [0.2, 0.25) is 0 Å². The van der Waals surface area contributed by atoms with Crippen LogP contribution in [0.5, 0.6) is 0 Å². The van der Waals surface area contributed by atoms with E-state index in [0.29, 0.717) is 25.8 Å². The van der Waals surface area contributed by atoms with Gasteiger partial charge in [0.1, 0.15) is 5.78 Å². The Bertz CT molecular complexity index is 323. The fourth-order valence-corrected chi connectivity index (χ4v) is 3.30. The largest absolute Gasteiger partial charge is 0.329 e. The quantitative estimate of drug-likeness (QED) is 0.684. The molecule has 5 heteroatoms. The van der Waals surface area contributed by atoms with E-state index in [-0.39, 0.29) is 23.7 Å². The second kappa shape index (κ2) is 7.11. The van der Waals surface area contributed by atoms with Gasteiger partial charge < -0.3 is 5.73 Å². The summed E-state index contributed by atoms with van der Waals surface area (Å²) in [5.74, 6) is 0.111. The number of nitrogens with two attached hydrogens (primary N) is 1. The molecule has 4 nitrogen and oxygen atoms in total. The lowest BCUT2D eigenvalue weighted by Crippen LogP contribution is -2.38. The van der Waals surface area contributed by atoms with Crippen LogP contribution in [0.3, 0.4) is 0 Å². The number of sulfone groups is 1. The minimum Gasteiger partial charge on any atom is -0.329 e. The molecule has 0 bridgehead atoms. The van der Waals surface area contributed by atoms with Crippen molar-refractivity contribution in [3.63, 3.8) is 0 Å². The van der Waals surface area contributed by atoms with Crippen molar-refractivity contribution in [2.75, 3.05) is 18.1 Å². The third-order valence-corrected chi connectivity index (χ3v) is 5.35. The first-order chi connectivity index (χ1) is 7.87. The predicted molar refractivity (Wildman–Crippen MR) is 70.6 cm³/mol. The Balaban J connectivity index is 4.54. The molecule has 0 atom stereocenters. The molecule has 2 N–H and O–H groups in total. The number of hydrogen-bond acceptors (Lipinski definition) is 4. The van der Waals surface area contributed by atoms with Gasteiger partial charge in [-0.3, -0.25) is 4.79 Å². The van der Waals surface area contributed by atoms with Crippen molar-refractivity contribution in [3.05, 3.63) is 0 Å². The Kier molecular flexibility index (Phi) is 6.94. The molecule has 0 fully saturated rings. The van der Waals surface area contributed by atoms with Crippen molar-refractivity contribution in [1.29, 1.82) is 0 Å². The molecule has 0 spiro atoms. The third-order valence-electron chi connectivity index (χ3n) is 3.49. The zero-order chi connectivity index (χ0) is 13.5. The molecule has 0 heterocycles. The SMILES string of the molecule is CCCS(=O)(=O)CCC(=O)C(CC)(CC)CN. The maximum Gasteiger partial charge on any atom is 0.150 e. The molecule has 0 unspecified atom stereocenters. The molecular formula is C12H25NO3S. The summed E-state index contributed by atoms with van der Waals surface area (Å²) in [6.07, 6.45) is 2.04. The van der Waals surface area contributed by atoms with Gasteiger partial charge in [-0.2, -0.15) is 0 Å². The summed E-state index contributed by atoms with van der Waals surface area (Å²) in [5.41, 5.74) is 5.13. The van der Waals surface area contributed by atoms with Crippen LogP contribution in [0.15, 0.2) is 0 Å². The molecule has 0 radical (unpaired) electrons. The second-order valence-corrected chi connectivity index (χ2v) is 6.82. The average molecular weight is 263 g/mol. The normalized spacial score (nSPS) is 12.7. The van der Waals surface area contributed by atoms with Gasteiger partial charge in [0, 0.05) is 24.1 Å². The van der Waals surface area contributed by atoms with Crippen LogP contribution < -0.4 is 5.73 Å². The molecule has 0 amide bonds. The maximum atomic E-state index is 12.1. The number of carbonyl (C=O) groups excluding carboxylic acids is 1. The highest BCUT2D eigenvalue weighted by Gasteiger charge is 2.33. The van der Waals surface area contributed by atoms with Crippen molar-refractivity contribution in [2.24, 2.45) is 11.1 Å². The van der Waals surface area contributed by atoms with Crippen molar-refractivity contribution in [3.8, 4) is 0 Å². The third kappa shape index (κ3) is 4.76. The summed E-state index contributed by atoms with van der Waals surface area (Å²) in [5, 5.41) is 0. The van der Waals surface area contributed by atoms with Crippen LogP contribution >= 0.6 is 0 Å². The zero-order valence-electron chi connectivity index (χ0n) is 11.2. The Labute approximate surface area is 105 Å². The van der Waals surface area contributed by atoms with Crippen molar-refractivity contribution in [1.82, 2.24) is 0 Å². The number of carbonyl (C=O) groups is 1. The Hall–Kier alpha value is -0.420. The lowest BCUT2D eigenvalue weighted by molar-refractivity contribution is -0.128. The number of Topliss-reactive ketones (excluding diaryl/α,β-unsaturated/α-hetero) is 1. The lowest BCUT2D eigenvalue weighted by atomic mass is 9.77. The van der Waals surface area contributed by atoms with Gasteiger partial charge in [-0.25, -0.2) is 8.42 Å². The standard InChI is InChI=1S/C12H25NO3S/c1-4-8-17(15,16)9-7-11(14)12(5-2,6-3)10-13/h4-10,13H2,1-3H3. The monoisotopic (exact) mass is 263 g/mol. The average Bonchev–Trinajstić information content (AvgIpc) is 2.29. The molecule has 0 aliphatic heterocycles. The second-order valence-electron chi connectivity index (χ2n) is 4.52. The van der Waals surface area contributed by atoms with Gasteiger partial charge in [0.25, 0.3) is 0 Å². The van der Waals surface area contributed by atoms with Crippen LogP contribution in [-0.4, -0.2) is 32.3 Å². The molecule has 0 aromatic carbocycles. The molecule has 17 heavy (non-hydrogen) atoms. The van der Waals surface area contributed by atoms with E-state index in [1.54, 1.807) is 0 Å². The summed E-state index contributed by atoms with van der Waals surface area (Å²) >= 11 is 0. The van der Waals surface area contributed by atoms with E-state index >= 15 is 0 Å². The van der Waals surface area contributed by atoms with Gasteiger partial charge in [0.05, 0.1) is 5.75 Å². The first-order valence-electron chi connectivity index (χ1n) is 6.31. The van der Waals surface area contributed by atoms with Crippen molar-refractivity contribution < 1.29 is 13.2 Å². The Morgan fingerprint density at radius 1 is 1.12 bits per heavy atom. The Morgan fingerprint density at radius 3 is 2.00 bits per heavy atom. The van der Waals surface area contributed by atoms with E-state index in [0.717, 1.165) is 0 Å². The molecule has 0 aliphatic rings. The number of ketones is 1. The molecule has 0 rings (SSSR count). The van der Waals surface area contributed by atoms with E-state index in [9.17, 15) is 13.2 Å². The number of rotatable bonds is 9. The minimum atomic E-state index is -3.07.